The van der Waals surface area contributed by atoms with Gasteiger partial charge in [-0.15, -0.1) is 0 Å². The molecule has 2 atom stereocenters. The molecule has 1 aromatic rings. The van der Waals surface area contributed by atoms with Gasteiger partial charge in [-0.3, -0.25) is 0 Å². The van der Waals surface area contributed by atoms with Crippen LogP contribution < -0.4 is 4.74 Å². The summed E-state index contributed by atoms with van der Waals surface area (Å²) in [6.07, 6.45) is -1.01. The number of rotatable bonds is 3. The Morgan fingerprint density at radius 3 is 2.93 bits per heavy atom. The van der Waals surface area contributed by atoms with Crippen molar-refractivity contribution in [1.82, 2.24) is 0 Å². The SMILES string of the molecule is COc1cccc(C2OC2C(=O)O)c1. The van der Waals surface area contributed by atoms with Gasteiger partial charge >= 0.3 is 5.97 Å². The molecule has 1 aliphatic rings. The van der Waals surface area contributed by atoms with Crippen LogP contribution in [0.15, 0.2) is 24.3 Å². The average molecular weight is 194 g/mol. The van der Waals surface area contributed by atoms with Crippen molar-refractivity contribution in [3.05, 3.63) is 29.8 Å². The van der Waals surface area contributed by atoms with Gasteiger partial charge in [-0.05, 0) is 17.7 Å². The molecule has 74 valence electrons. The van der Waals surface area contributed by atoms with Crippen molar-refractivity contribution in [2.75, 3.05) is 7.11 Å². The summed E-state index contributed by atoms with van der Waals surface area (Å²) in [6, 6.07) is 7.24. The largest absolute Gasteiger partial charge is 0.497 e. The van der Waals surface area contributed by atoms with Crippen LogP contribution in [0.3, 0.4) is 0 Å². The lowest BCUT2D eigenvalue weighted by molar-refractivity contribution is -0.138. The van der Waals surface area contributed by atoms with Crippen molar-refractivity contribution < 1.29 is 19.4 Å². The molecule has 0 aromatic heterocycles. The molecule has 0 spiro atoms. The zero-order valence-electron chi connectivity index (χ0n) is 7.64. The predicted octanol–water partition coefficient (Wildman–Crippen LogP) is 1.22. The van der Waals surface area contributed by atoms with Gasteiger partial charge in [0.05, 0.1) is 7.11 Å². The number of benzene rings is 1. The van der Waals surface area contributed by atoms with Gasteiger partial charge in [0, 0.05) is 0 Å². The summed E-state index contributed by atoms with van der Waals surface area (Å²) >= 11 is 0. The molecule has 1 aromatic carbocycles. The predicted molar refractivity (Wildman–Crippen MR) is 48.2 cm³/mol. The van der Waals surface area contributed by atoms with E-state index in [1.165, 1.54) is 0 Å². The molecule has 1 saturated heterocycles. The number of carboxylic acid groups (broad SMARTS) is 1. The summed E-state index contributed by atoms with van der Waals surface area (Å²) in [5.74, 6) is -0.208. The van der Waals surface area contributed by atoms with Gasteiger partial charge in [0.25, 0.3) is 0 Å². The Morgan fingerprint density at radius 2 is 2.36 bits per heavy atom. The highest BCUT2D eigenvalue weighted by Gasteiger charge is 2.46. The second-order valence-corrected chi connectivity index (χ2v) is 3.09. The smallest absolute Gasteiger partial charge is 0.335 e. The molecule has 1 N–H and O–H groups in total. The van der Waals surface area contributed by atoms with E-state index in [0.29, 0.717) is 5.75 Å². The van der Waals surface area contributed by atoms with Crippen LogP contribution in [0.1, 0.15) is 11.7 Å². The van der Waals surface area contributed by atoms with E-state index in [4.69, 9.17) is 14.6 Å². The lowest BCUT2D eigenvalue weighted by Gasteiger charge is -2.00. The van der Waals surface area contributed by atoms with Gasteiger partial charge in [0.2, 0.25) is 0 Å². The fourth-order valence-electron chi connectivity index (χ4n) is 1.37. The molecule has 1 fully saturated rings. The topological polar surface area (TPSA) is 59.1 Å². The maximum atomic E-state index is 10.5. The van der Waals surface area contributed by atoms with Crippen LogP contribution in [0.2, 0.25) is 0 Å². The Bertz CT molecular complexity index is 361. The molecule has 0 aliphatic carbocycles. The molecule has 14 heavy (non-hydrogen) atoms. The Kier molecular flexibility index (Phi) is 2.13. The summed E-state index contributed by atoms with van der Waals surface area (Å²) in [7, 11) is 1.57. The number of carboxylic acids is 1. The van der Waals surface area contributed by atoms with Crippen molar-refractivity contribution in [2.24, 2.45) is 0 Å². The first kappa shape index (κ1) is 9.02. The molecular formula is C10H10O4. The van der Waals surface area contributed by atoms with Crippen LogP contribution >= 0.6 is 0 Å². The summed E-state index contributed by atoms with van der Waals surface area (Å²) in [5.41, 5.74) is 0.844. The number of methoxy groups -OCH3 is 1. The number of aliphatic carboxylic acids is 1. The third-order valence-corrected chi connectivity index (χ3v) is 2.16. The standard InChI is InChI=1S/C10H10O4/c1-13-7-4-2-3-6(5-7)8-9(14-8)10(11)12/h2-5,8-9H,1H3,(H,11,12). The van der Waals surface area contributed by atoms with Gasteiger partial charge in [0.15, 0.2) is 6.10 Å². The van der Waals surface area contributed by atoms with Crippen LogP contribution in [0.5, 0.6) is 5.75 Å². The quantitative estimate of drug-likeness (QED) is 0.735. The van der Waals surface area contributed by atoms with E-state index < -0.39 is 12.1 Å². The number of hydrogen-bond donors (Lipinski definition) is 1. The van der Waals surface area contributed by atoms with E-state index in [1.54, 1.807) is 13.2 Å². The molecule has 0 amide bonds. The van der Waals surface area contributed by atoms with Crippen LogP contribution in [-0.2, 0) is 9.53 Å². The highest BCUT2D eigenvalue weighted by atomic mass is 16.6. The van der Waals surface area contributed by atoms with Crippen molar-refractivity contribution in [3.8, 4) is 5.75 Å². The van der Waals surface area contributed by atoms with Crippen LogP contribution in [0, 0.1) is 0 Å². The first-order valence-corrected chi connectivity index (χ1v) is 4.24. The Balaban J connectivity index is 2.15. The lowest BCUT2D eigenvalue weighted by atomic mass is 10.1. The minimum atomic E-state index is -0.919. The summed E-state index contributed by atoms with van der Waals surface area (Å²) < 4.78 is 10.0. The molecule has 1 aliphatic heterocycles. The zero-order chi connectivity index (χ0) is 10.1. The Morgan fingerprint density at radius 1 is 1.57 bits per heavy atom. The molecule has 2 unspecified atom stereocenters. The Hall–Kier alpha value is -1.55. The van der Waals surface area contributed by atoms with Crippen molar-refractivity contribution in [3.63, 3.8) is 0 Å². The van der Waals surface area contributed by atoms with E-state index in [-0.39, 0.29) is 6.10 Å². The highest BCUT2D eigenvalue weighted by Crippen LogP contribution is 2.39. The monoisotopic (exact) mass is 194 g/mol. The third-order valence-electron chi connectivity index (χ3n) is 2.16. The molecule has 4 heteroatoms. The average Bonchev–Trinajstić information content (AvgIpc) is 2.97. The summed E-state index contributed by atoms with van der Waals surface area (Å²) in [5, 5.41) is 8.66. The fraction of sp³-hybridized carbons (Fsp3) is 0.300. The molecule has 1 heterocycles. The minimum absolute atomic E-state index is 0.317. The molecule has 0 radical (unpaired) electrons. The zero-order valence-corrected chi connectivity index (χ0v) is 7.64. The molecule has 2 rings (SSSR count). The summed E-state index contributed by atoms with van der Waals surface area (Å²) in [6.45, 7) is 0. The van der Waals surface area contributed by atoms with Crippen LogP contribution in [0.25, 0.3) is 0 Å². The number of hydrogen-bond acceptors (Lipinski definition) is 3. The van der Waals surface area contributed by atoms with Gasteiger partial charge in [-0.25, -0.2) is 4.79 Å². The summed E-state index contributed by atoms with van der Waals surface area (Å²) in [4.78, 5) is 10.5. The van der Waals surface area contributed by atoms with Crippen LogP contribution in [0.4, 0.5) is 0 Å². The number of ether oxygens (including phenoxy) is 2. The number of epoxide rings is 1. The molecule has 0 saturated carbocycles. The van der Waals surface area contributed by atoms with Gasteiger partial charge in [0.1, 0.15) is 11.9 Å². The van der Waals surface area contributed by atoms with Crippen molar-refractivity contribution >= 4 is 5.97 Å². The van der Waals surface area contributed by atoms with E-state index in [0.717, 1.165) is 5.56 Å². The minimum Gasteiger partial charge on any atom is -0.497 e. The molecular weight excluding hydrogens is 184 g/mol. The number of carbonyl (C=O) groups is 1. The van der Waals surface area contributed by atoms with E-state index in [1.807, 2.05) is 18.2 Å². The maximum absolute atomic E-state index is 10.5. The highest BCUT2D eigenvalue weighted by molar-refractivity contribution is 5.76. The molecule has 0 bridgehead atoms. The fourth-order valence-corrected chi connectivity index (χ4v) is 1.37. The van der Waals surface area contributed by atoms with E-state index in [2.05, 4.69) is 0 Å². The van der Waals surface area contributed by atoms with E-state index >= 15 is 0 Å². The van der Waals surface area contributed by atoms with Crippen LogP contribution in [-0.4, -0.2) is 24.3 Å². The normalized spacial score (nSPS) is 24.4. The lowest BCUT2D eigenvalue weighted by Crippen LogP contribution is -2.04. The molecule has 4 nitrogen and oxygen atoms in total. The first-order chi connectivity index (χ1) is 6.72. The van der Waals surface area contributed by atoms with E-state index in [9.17, 15) is 4.79 Å². The van der Waals surface area contributed by atoms with Crippen molar-refractivity contribution in [1.29, 1.82) is 0 Å². The third kappa shape index (κ3) is 1.56. The van der Waals surface area contributed by atoms with Gasteiger partial charge in [-0.1, -0.05) is 12.1 Å². The first-order valence-electron chi connectivity index (χ1n) is 4.24. The second kappa shape index (κ2) is 3.31. The van der Waals surface area contributed by atoms with Crippen molar-refractivity contribution in [2.45, 2.75) is 12.2 Å². The van der Waals surface area contributed by atoms with Gasteiger partial charge in [-0.2, -0.15) is 0 Å². The Labute approximate surface area is 81.1 Å². The second-order valence-electron chi connectivity index (χ2n) is 3.09. The van der Waals surface area contributed by atoms with Gasteiger partial charge < -0.3 is 14.6 Å². The maximum Gasteiger partial charge on any atom is 0.335 e.